The zero-order chi connectivity index (χ0) is 3.58. The van der Waals surface area contributed by atoms with Gasteiger partial charge in [0, 0.05) is 5.97 Å². The van der Waals surface area contributed by atoms with Crippen LogP contribution in [0.15, 0.2) is 0 Å². The Labute approximate surface area is 61.5 Å². The van der Waals surface area contributed by atoms with Gasteiger partial charge in [-0.05, 0) is 6.92 Å². The molecule has 0 heterocycles. The second-order valence-electron chi connectivity index (χ2n) is 0.492. The second kappa shape index (κ2) is 9.17. The molecular formula is C2H3BiClO2. The largest absolute Gasteiger partial charge is 2.00 e. The van der Waals surface area contributed by atoms with Crippen molar-refractivity contribution in [1.82, 2.24) is 0 Å². The van der Waals surface area contributed by atoms with Crippen molar-refractivity contribution in [3.05, 3.63) is 0 Å². The SMILES string of the molecule is CC(=O)[O-].[Bi+2].[Cl-]. The van der Waals surface area contributed by atoms with Crippen LogP contribution in [0.1, 0.15) is 6.92 Å². The average Bonchev–Trinajstić information content (AvgIpc) is 0.811. The Hall–Kier alpha value is 0.643. The van der Waals surface area contributed by atoms with E-state index in [-0.39, 0.29) is 38.6 Å². The number of rotatable bonds is 0. The van der Waals surface area contributed by atoms with Crippen molar-refractivity contribution >= 4 is 32.2 Å². The number of carboxylic acids is 1. The van der Waals surface area contributed by atoms with Crippen LogP contribution in [0.25, 0.3) is 0 Å². The Balaban J connectivity index is -0.0000000450. The van der Waals surface area contributed by atoms with Crippen LogP contribution in [0.4, 0.5) is 0 Å². The Kier molecular flexibility index (Phi) is 24.4. The molecule has 0 amide bonds. The first-order valence-corrected chi connectivity index (χ1v) is 0.908. The maximum absolute atomic E-state index is 8.89. The predicted octanol–water partition coefficient (Wildman–Crippen LogP) is -4.62. The van der Waals surface area contributed by atoms with Crippen LogP contribution in [-0.4, -0.2) is 32.2 Å². The molecule has 0 aromatic rings. The number of carboxylic acid groups (broad SMARTS) is 1. The molecule has 6 heavy (non-hydrogen) atoms. The number of aliphatic carboxylic acids is 1. The first kappa shape index (κ1) is 15.9. The zero-order valence-electron chi connectivity index (χ0n) is 3.14. The summed E-state index contributed by atoms with van der Waals surface area (Å²) >= 11 is 0. The first-order valence-electron chi connectivity index (χ1n) is 0.908. The van der Waals surface area contributed by atoms with Crippen molar-refractivity contribution in [1.29, 1.82) is 0 Å². The summed E-state index contributed by atoms with van der Waals surface area (Å²) < 4.78 is 0. The van der Waals surface area contributed by atoms with Crippen molar-refractivity contribution < 1.29 is 22.3 Å². The maximum atomic E-state index is 8.89. The number of carbonyl (C=O) groups is 1. The topological polar surface area (TPSA) is 40.1 Å². The number of hydrogen-bond acceptors (Lipinski definition) is 2. The molecular weight excluding hydrogens is 300 g/mol. The maximum Gasteiger partial charge on any atom is 2.00 e. The molecule has 0 saturated carbocycles. The summed E-state index contributed by atoms with van der Waals surface area (Å²) in [6.07, 6.45) is 0. The van der Waals surface area contributed by atoms with E-state index in [4.69, 9.17) is 9.90 Å². The van der Waals surface area contributed by atoms with Gasteiger partial charge in [0.05, 0.1) is 0 Å². The Bertz CT molecular complexity index is 34.5. The van der Waals surface area contributed by atoms with Gasteiger partial charge >= 0.3 is 26.2 Å². The van der Waals surface area contributed by atoms with E-state index in [9.17, 15) is 0 Å². The van der Waals surface area contributed by atoms with Gasteiger partial charge < -0.3 is 22.3 Å². The monoisotopic (exact) mass is 303 g/mol. The van der Waals surface area contributed by atoms with E-state index < -0.39 is 5.97 Å². The molecule has 0 N–H and O–H groups in total. The van der Waals surface area contributed by atoms with Crippen LogP contribution in [0.3, 0.4) is 0 Å². The molecule has 0 fully saturated rings. The Morgan fingerprint density at radius 3 is 1.67 bits per heavy atom. The molecule has 2 nitrogen and oxygen atoms in total. The standard InChI is InChI=1S/C2H4O2.Bi.ClH/c1-2(3)4;;/h1H3,(H,3,4);;1H/q;+2;/p-2. The zero-order valence-corrected chi connectivity index (χ0v) is 7.37. The molecule has 0 aliphatic heterocycles. The van der Waals surface area contributed by atoms with E-state index in [1.165, 1.54) is 0 Å². The molecule has 0 rings (SSSR count). The van der Waals surface area contributed by atoms with Gasteiger partial charge in [0.1, 0.15) is 0 Å². The van der Waals surface area contributed by atoms with Gasteiger partial charge in [-0.3, -0.25) is 0 Å². The van der Waals surface area contributed by atoms with Gasteiger partial charge in [0.15, 0.2) is 0 Å². The fourth-order valence-corrected chi connectivity index (χ4v) is 0. The van der Waals surface area contributed by atoms with E-state index in [1.807, 2.05) is 0 Å². The summed E-state index contributed by atoms with van der Waals surface area (Å²) in [5.74, 6) is -1.08. The minimum Gasteiger partial charge on any atom is -1.00 e. The molecule has 35 valence electrons. The summed E-state index contributed by atoms with van der Waals surface area (Å²) in [6.45, 7) is 0.972. The molecule has 0 aromatic carbocycles. The third kappa shape index (κ3) is 149. The molecule has 4 heteroatoms. The molecule has 3 radical (unpaired) electrons. The molecule has 0 aliphatic carbocycles. The molecule has 0 saturated heterocycles. The number of carbonyl (C=O) groups excluding carboxylic acids is 1. The van der Waals surface area contributed by atoms with Crippen molar-refractivity contribution in [3.63, 3.8) is 0 Å². The summed E-state index contributed by atoms with van der Waals surface area (Å²) in [5, 5.41) is 8.89. The average molecular weight is 303 g/mol. The van der Waals surface area contributed by atoms with Crippen molar-refractivity contribution in [2.75, 3.05) is 0 Å². The van der Waals surface area contributed by atoms with E-state index in [0.29, 0.717) is 0 Å². The Morgan fingerprint density at radius 1 is 1.67 bits per heavy atom. The Morgan fingerprint density at radius 2 is 1.67 bits per heavy atom. The van der Waals surface area contributed by atoms with Crippen LogP contribution in [0.2, 0.25) is 0 Å². The third-order valence-corrected chi connectivity index (χ3v) is 0. The van der Waals surface area contributed by atoms with E-state index in [0.717, 1.165) is 6.92 Å². The quantitative estimate of drug-likeness (QED) is 0.423. The van der Waals surface area contributed by atoms with E-state index in [1.54, 1.807) is 0 Å². The second-order valence-corrected chi connectivity index (χ2v) is 0.492. The summed E-state index contributed by atoms with van der Waals surface area (Å²) in [5.41, 5.74) is 0. The smallest absolute Gasteiger partial charge is 1.00 e. The van der Waals surface area contributed by atoms with Crippen molar-refractivity contribution in [2.45, 2.75) is 6.92 Å². The van der Waals surface area contributed by atoms with Gasteiger partial charge in [-0.2, -0.15) is 0 Å². The van der Waals surface area contributed by atoms with Crippen LogP contribution < -0.4 is 17.5 Å². The molecule has 0 aliphatic rings. The summed E-state index contributed by atoms with van der Waals surface area (Å²) in [4.78, 5) is 8.89. The van der Waals surface area contributed by atoms with Gasteiger partial charge in [-0.1, -0.05) is 0 Å². The molecule has 0 unspecified atom stereocenters. The van der Waals surface area contributed by atoms with Crippen molar-refractivity contribution in [3.8, 4) is 0 Å². The van der Waals surface area contributed by atoms with Crippen LogP contribution in [0, 0.1) is 0 Å². The fourth-order valence-electron chi connectivity index (χ4n) is 0. The van der Waals surface area contributed by atoms with Gasteiger partial charge in [-0.15, -0.1) is 0 Å². The molecule has 0 aromatic heterocycles. The normalized spacial score (nSPS) is 4.17. The first-order chi connectivity index (χ1) is 1.73. The molecule has 0 atom stereocenters. The van der Waals surface area contributed by atoms with E-state index in [2.05, 4.69) is 0 Å². The minimum absolute atomic E-state index is 0. The fraction of sp³-hybridized carbons (Fsp3) is 0.500. The number of halogens is 1. The minimum atomic E-state index is -1.08. The third-order valence-electron chi connectivity index (χ3n) is 0. The van der Waals surface area contributed by atoms with Gasteiger partial charge in [0.2, 0.25) is 0 Å². The van der Waals surface area contributed by atoms with Gasteiger partial charge in [-0.25, -0.2) is 0 Å². The summed E-state index contributed by atoms with van der Waals surface area (Å²) in [7, 11) is 0. The van der Waals surface area contributed by atoms with Crippen LogP contribution in [-0.2, 0) is 4.79 Å². The molecule has 0 bridgehead atoms. The predicted molar refractivity (Wildman–Crippen MR) is 16.4 cm³/mol. The van der Waals surface area contributed by atoms with Crippen LogP contribution >= 0.6 is 0 Å². The van der Waals surface area contributed by atoms with Crippen LogP contribution in [0.5, 0.6) is 0 Å². The van der Waals surface area contributed by atoms with Crippen molar-refractivity contribution in [2.24, 2.45) is 0 Å². The van der Waals surface area contributed by atoms with E-state index >= 15 is 0 Å². The van der Waals surface area contributed by atoms with Gasteiger partial charge in [0.25, 0.3) is 0 Å². The molecule has 0 spiro atoms. The number of hydrogen-bond donors (Lipinski definition) is 0. The summed E-state index contributed by atoms with van der Waals surface area (Å²) in [6, 6.07) is 0.